The fourth-order valence-electron chi connectivity index (χ4n) is 2.62. The topological polar surface area (TPSA) is 112 Å². The van der Waals surface area contributed by atoms with Crippen LogP contribution in [0.4, 0.5) is 11.6 Å². The fourth-order valence-corrected chi connectivity index (χ4v) is 2.62. The average molecular weight is 290 g/mol. The zero-order valence-electron chi connectivity index (χ0n) is 11.2. The highest BCUT2D eigenvalue weighted by molar-refractivity contribution is 5.80. The van der Waals surface area contributed by atoms with Crippen molar-refractivity contribution in [1.82, 2.24) is 9.97 Å². The number of rotatable bonds is 3. The second kappa shape index (κ2) is 5.04. The Kier molecular flexibility index (Phi) is 3.20. The van der Waals surface area contributed by atoms with Crippen LogP contribution in [0.15, 0.2) is 18.2 Å². The van der Waals surface area contributed by atoms with Crippen molar-refractivity contribution in [3.05, 3.63) is 28.3 Å². The number of carboxylic acid groups (broad SMARTS) is 1. The van der Waals surface area contributed by atoms with E-state index in [1.54, 1.807) is 6.07 Å². The molecule has 110 valence electrons. The van der Waals surface area contributed by atoms with E-state index in [9.17, 15) is 14.9 Å². The normalized spacial score (nSPS) is 18.9. The van der Waals surface area contributed by atoms with Gasteiger partial charge in [-0.15, -0.1) is 0 Å². The van der Waals surface area contributed by atoms with Gasteiger partial charge in [0.05, 0.1) is 21.9 Å². The second-order valence-electron chi connectivity index (χ2n) is 5.14. The van der Waals surface area contributed by atoms with Crippen LogP contribution in [-0.4, -0.2) is 39.1 Å². The van der Waals surface area contributed by atoms with Crippen LogP contribution in [0, 0.1) is 16.0 Å². The number of imidazole rings is 1. The molecule has 0 amide bonds. The first kappa shape index (κ1) is 13.3. The van der Waals surface area contributed by atoms with E-state index in [1.165, 1.54) is 12.1 Å². The lowest BCUT2D eigenvalue weighted by molar-refractivity contribution is -0.384. The molecule has 2 aromatic rings. The molecule has 2 N–H and O–H groups in total. The first-order chi connectivity index (χ1) is 10.0. The molecular formula is C13H14N4O4. The van der Waals surface area contributed by atoms with Gasteiger partial charge < -0.3 is 15.0 Å². The summed E-state index contributed by atoms with van der Waals surface area (Å²) in [6, 6.07) is 4.43. The number of aliphatic carboxylic acids is 1. The number of nitrogens with one attached hydrogen (secondary N) is 1. The first-order valence-electron chi connectivity index (χ1n) is 6.66. The lowest BCUT2D eigenvalue weighted by Crippen LogP contribution is -2.39. The molecule has 0 aliphatic carbocycles. The zero-order valence-corrected chi connectivity index (χ0v) is 11.2. The van der Waals surface area contributed by atoms with Gasteiger partial charge in [-0.1, -0.05) is 0 Å². The number of carboxylic acids is 1. The molecule has 1 saturated heterocycles. The molecule has 1 aliphatic heterocycles. The fraction of sp³-hybridized carbons (Fsp3) is 0.385. The number of carbonyl (C=O) groups is 1. The van der Waals surface area contributed by atoms with E-state index in [2.05, 4.69) is 9.97 Å². The van der Waals surface area contributed by atoms with Gasteiger partial charge in [0.1, 0.15) is 0 Å². The number of hydrogen-bond donors (Lipinski definition) is 2. The summed E-state index contributed by atoms with van der Waals surface area (Å²) in [6.45, 7) is 1.13. The van der Waals surface area contributed by atoms with Crippen molar-refractivity contribution in [2.24, 2.45) is 5.92 Å². The number of benzene rings is 1. The van der Waals surface area contributed by atoms with Gasteiger partial charge in [0.25, 0.3) is 5.69 Å². The first-order valence-corrected chi connectivity index (χ1v) is 6.66. The van der Waals surface area contributed by atoms with Crippen LogP contribution in [0.5, 0.6) is 0 Å². The predicted molar refractivity (Wildman–Crippen MR) is 75.3 cm³/mol. The molecule has 0 unspecified atom stereocenters. The van der Waals surface area contributed by atoms with Crippen molar-refractivity contribution in [2.45, 2.75) is 12.8 Å². The molecule has 1 atom stereocenters. The molecule has 3 rings (SSSR count). The second-order valence-corrected chi connectivity index (χ2v) is 5.14. The molecule has 1 aliphatic rings. The van der Waals surface area contributed by atoms with Crippen LogP contribution in [0.3, 0.4) is 0 Å². The minimum atomic E-state index is -0.800. The number of aromatic nitrogens is 2. The van der Waals surface area contributed by atoms with Crippen molar-refractivity contribution in [2.75, 3.05) is 18.0 Å². The van der Waals surface area contributed by atoms with E-state index in [-0.39, 0.29) is 5.69 Å². The van der Waals surface area contributed by atoms with Crippen molar-refractivity contribution >= 4 is 28.6 Å². The predicted octanol–water partition coefficient (Wildman–Crippen LogP) is 1.77. The number of nitro groups is 1. The third kappa shape index (κ3) is 2.51. The molecule has 8 nitrogen and oxygen atoms in total. The summed E-state index contributed by atoms with van der Waals surface area (Å²) in [6.07, 6.45) is 1.45. The Morgan fingerprint density at radius 3 is 3.05 bits per heavy atom. The molecular weight excluding hydrogens is 276 g/mol. The van der Waals surface area contributed by atoms with Gasteiger partial charge in [-0.05, 0) is 18.9 Å². The summed E-state index contributed by atoms with van der Waals surface area (Å²) in [7, 11) is 0. The maximum atomic E-state index is 11.1. The average Bonchev–Trinajstić information content (AvgIpc) is 2.90. The maximum absolute atomic E-state index is 11.1. The quantitative estimate of drug-likeness (QED) is 0.658. The number of nitro benzene ring substituents is 1. The molecule has 21 heavy (non-hydrogen) atoms. The summed E-state index contributed by atoms with van der Waals surface area (Å²) in [4.78, 5) is 30.7. The summed E-state index contributed by atoms with van der Waals surface area (Å²) >= 11 is 0. The number of H-pyrrole nitrogens is 1. The Bertz CT molecular complexity index is 711. The van der Waals surface area contributed by atoms with Crippen molar-refractivity contribution < 1.29 is 14.8 Å². The van der Waals surface area contributed by atoms with Crippen molar-refractivity contribution in [3.8, 4) is 0 Å². The van der Waals surface area contributed by atoms with Crippen LogP contribution in [0.2, 0.25) is 0 Å². The monoisotopic (exact) mass is 290 g/mol. The molecule has 2 heterocycles. The van der Waals surface area contributed by atoms with Crippen LogP contribution in [0.25, 0.3) is 11.0 Å². The summed E-state index contributed by atoms with van der Waals surface area (Å²) < 4.78 is 0. The maximum Gasteiger partial charge on any atom is 0.308 e. The third-order valence-electron chi connectivity index (χ3n) is 3.73. The highest BCUT2D eigenvalue weighted by Gasteiger charge is 2.27. The van der Waals surface area contributed by atoms with E-state index in [0.29, 0.717) is 29.9 Å². The molecule has 0 saturated carbocycles. The van der Waals surface area contributed by atoms with Crippen molar-refractivity contribution in [3.63, 3.8) is 0 Å². The standard InChI is InChI=1S/C13H14N4O4/c18-12(19)8-2-1-5-16(7-8)13-14-10-4-3-9(17(20)21)6-11(10)15-13/h3-4,6,8H,1-2,5,7H2,(H,14,15)(H,18,19)/t8-/m0/s1. The van der Waals surface area contributed by atoms with Crippen LogP contribution in [0.1, 0.15) is 12.8 Å². The Hall–Kier alpha value is -2.64. The van der Waals surface area contributed by atoms with E-state index in [4.69, 9.17) is 5.11 Å². The number of anilines is 1. The minimum Gasteiger partial charge on any atom is -0.481 e. The lowest BCUT2D eigenvalue weighted by Gasteiger charge is -2.30. The number of nitrogens with zero attached hydrogens (tertiary/aromatic N) is 3. The van der Waals surface area contributed by atoms with Gasteiger partial charge in [-0.2, -0.15) is 0 Å². The molecule has 1 aromatic carbocycles. The number of hydrogen-bond acceptors (Lipinski definition) is 5. The van der Waals surface area contributed by atoms with E-state index in [0.717, 1.165) is 13.0 Å². The van der Waals surface area contributed by atoms with Gasteiger partial charge in [-0.3, -0.25) is 14.9 Å². The SMILES string of the molecule is O=C(O)[C@H]1CCCN(c2nc3ccc([N+](=O)[O-])cc3[nH]2)C1. The smallest absolute Gasteiger partial charge is 0.308 e. The zero-order chi connectivity index (χ0) is 15.0. The lowest BCUT2D eigenvalue weighted by atomic mass is 9.99. The molecule has 0 spiro atoms. The Balaban J connectivity index is 1.90. The van der Waals surface area contributed by atoms with Crippen LogP contribution >= 0.6 is 0 Å². The number of fused-ring (bicyclic) bond motifs is 1. The number of aromatic amines is 1. The molecule has 8 heteroatoms. The van der Waals surface area contributed by atoms with E-state index in [1.807, 2.05) is 4.90 Å². The summed E-state index contributed by atoms with van der Waals surface area (Å²) in [5.41, 5.74) is 1.21. The number of piperidine rings is 1. The summed E-state index contributed by atoms with van der Waals surface area (Å²) in [5.74, 6) is -0.635. The molecule has 1 fully saturated rings. The Morgan fingerprint density at radius 2 is 2.33 bits per heavy atom. The van der Waals surface area contributed by atoms with E-state index < -0.39 is 16.8 Å². The van der Waals surface area contributed by atoms with E-state index >= 15 is 0 Å². The van der Waals surface area contributed by atoms with Crippen LogP contribution < -0.4 is 4.90 Å². The van der Waals surface area contributed by atoms with Gasteiger partial charge in [0, 0.05) is 25.2 Å². The van der Waals surface area contributed by atoms with Gasteiger partial charge in [0.2, 0.25) is 5.95 Å². The molecule has 1 aromatic heterocycles. The van der Waals surface area contributed by atoms with Crippen LogP contribution in [-0.2, 0) is 4.79 Å². The highest BCUT2D eigenvalue weighted by Crippen LogP contribution is 2.25. The van der Waals surface area contributed by atoms with Crippen molar-refractivity contribution in [1.29, 1.82) is 0 Å². The Morgan fingerprint density at radius 1 is 1.52 bits per heavy atom. The third-order valence-corrected chi connectivity index (χ3v) is 3.73. The minimum absolute atomic E-state index is 0.000225. The molecule has 0 bridgehead atoms. The summed E-state index contributed by atoms with van der Waals surface area (Å²) in [5, 5.41) is 19.9. The van der Waals surface area contributed by atoms with Gasteiger partial charge in [-0.25, -0.2) is 4.98 Å². The van der Waals surface area contributed by atoms with Gasteiger partial charge in [0.15, 0.2) is 0 Å². The van der Waals surface area contributed by atoms with Gasteiger partial charge >= 0.3 is 5.97 Å². The highest BCUT2D eigenvalue weighted by atomic mass is 16.6. The largest absolute Gasteiger partial charge is 0.481 e. The Labute approximate surface area is 119 Å². The number of non-ortho nitro benzene ring substituents is 1. The molecule has 0 radical (unpaired) electrons.